The van der Waals surface area contributed by atoms with Gasteiger partial charge in [0, 0.05) is 11.5 Å². The maximum atomic E-state index is 9.39. The van der Waals surface area contributed by atoms with Crippen molar-refractivity contribution in [2.45, 2.75) is 44.6 Å². The van der Waals surface area contributed by atoms with Crippen molar-refractivity contribution < 1.29 is 5.11 Å². The highest BCUT2D eigenvalue weighted by molar-refractivity contribution is 5.78. The lowest BCUT2D eigenvalue weighted by atomic mass is 9.87. The highest BCUT2D eigenvalue weighted by atomic mass is 16.3. The van der Waals surface area contributed by atoms with Gasteiger partial charge in [0.05, 0.1) is 13.2 Å². The molecule has 2 fully saturated rings. The van der Waals surface area contributed by atoms with Gasteiger partial charge in [0.1, 0.15) is 0 Å². The van der Waals surface area contributed by atoms with Crippen LogP contribution in [0.25, 0.3) is 0 Å². The van der Waals surface area contributed by atoms with Crippen molar-refractivity contribution in [3.05, 3.63) is 0 Å². The lowest BCUT2D eigenvalue weighted by Gasteiger charge is -2.24. The van der Waals surface area contributed by atoms with Crippen LogP contribution in [0.1, 0.15) is 38.5 Å². The number of nitrogens with one attached hydrogen (secondary N) is 1. The zero-order valence-electron chi connectivity index (χ0n) is 9.21. The first-order valence-corrected chi connectivity index (χ1v) is 5.91. The molecule has 2 aliphatic rings. The van der Waals surface area contributed by atoms with E-state index in [1.54, 1.807) is 0 Å². The molecule has 2 rings (SSSR count). The van der Waals surface area contributed by atoms with E-state index in [-0.39, 0.29) is 12.0 Å². The number of aliphatic imine (C=N–C) groups is 1. The molecule has 0 spiro atoms. The summed E-state index contributed by atoms with van der Waals surface area (Å²) in [6.07, 6.45) is 7.02. The zero-order chi connectivity index (χ0) is 10.7. The molecule has 0 radical (unpaired) electrons. The summed E-state index contributed by atoms with van der Waals surface area (Å²) in [7, 11) is 0. The van der Waals surface area contributed by atoms with Gasteiger partial charge in [0.25, 0.3) is 0 Å². The molecule has 0 heterocycles. The fraction of sp³-hybridized carbons (Fsp3) is 0.909. The van der Waals surface area contributed by atoms with Gasteiger partial charge in [-0.1, -0.05) is 12.8 Å². The number of hydrogen-bond acceptors (Lipinski definition) is 2. The Labute approximate surface area is 91.0 Å². The van der Waals surface area contributed by atoms with Gasteiger partial charge in [-0.3, -0.25) is 4.99 Å². The molecule has 0 unspecified atom stereocenters. The Hall–Kier alpha value is -0.770. The standard InChI is InChI=1S/C11H21N3O/c12-10(14-9-3-4-9)13-7-11(8-15)5-1-2-6-11/h9,15H,1-8H2,(H3,12,13,14). The van der Waals surface area contributed by atoms with Crippen LogP contribution in [0.2, 0.25) is 0 Å². The predicted octanol–water partition coefficient (Wildman–Crippen LogP) is 0.606. The van der Waals surface area contributed by atoms with Crippen molar-refractivity contribution in [1.29, 1.82) is 0 Å². The van der Waals surface area contributed by atoms with Crippen LogP contribution in [0.3, 0.4) is 0 Å². The number of hydrogen-bond donors (Lipinski definition) is 3. The van der Waals surface area contributed by atoms with Crippen LogP contribution in [0, 0.1) is 5.41 Å². The molecular formula is C11H21N3O. The zero-order valence-corrected chi connectivity index (χ0v) is 9.21. The molecule has 2 aliphatic carbocycles. The van der Waals surface area contributed by atoms with E-state index in [1.807, 2.05) is 0 Å². The summed E-state index contributed by atoms with van der Waals surface area (Å²) in [5, 5.41) is 12.6. The number of aliphatic hydroxyl groups is 1. The van der Waals surface area contributed by atoms with Gasteiger partial charge in [0.15, 0.2) is 5.96 Å². The Morgan fingerprint density at radius 1 is 1.40 bits per heavy atom. The molecule has 0 aromatic rings. The van der Waals surface area contributed by atoms with Crippen molar-refractivity contribution in [1.82, 2.24) is 5.32 Å². The van der Waals surface area contributed by atoms with E-state index in [9.17, 15) is 5.11 Å². The van der Waals surface area contributed by atoms with Gasteiger partial charge in [-0.25, -0.2) is 0 Å². The number of rotatable bonds is 4. The Bertz CT molecular complexity index is 242. The molecule has 4 N–H and O–H groups in total. The molecule has 0 aromatic carbocycles. The van der Waals surface area contributed by atoms with Gasteiger partial charge in [0.2, 0.25) is 0 Å². The summed E-state index contributed by atoms with van der Waals surface area (Å²) < 4.78 is 0. The molecule has 0 amide bonds. The van der Waals surface area contributed by atoms with E-state index in [0.29, 0.717) is 18.5 Å². The smallest absolute Gasteiger partial charge is 0.188 e. The minimum atomic E-state index is 0.0237. The lowest BCUT2D eigenvalue weighted by Crippen LogP contribution is -2.35. The van der Waals surface area contributed by atoms with E-state index in [1.165, 1.54) is 25.7 Å². The van der Waals surface area contributed by atoms with Crippen LogP contribution < -0.4 is 11.1 Å². The average Bonchev–Trinajstić information content (AvgIpc) is 2.93. The summed E-state index contributed by atoms with van der Waals surface area (Å²) in [4.78, 5) is 4.35. The summed E-state index contributed by atoms with van der Waals surface area (Å²) in [5.74, 6) is 0.553. The SMILES string of the molecule is NC(=NCC1(CO)CCCC1)NC1CC1. The molecule has 0 saturated heterocycles. The third kappa shape index (κ3) is 2.84. The van der Waals surface area contributed by atoms with Crippen LogP contribution in [0.15, 0.2) is 4.99 Å². The highest BCUT2D eigenvalue weighted by Gasteiger charge is 2.33. The van der Waals surface area contributed by atoms with Crippen molar-refractivity contribution in [2.24, 2.45) is 16.1 Å². The Morgan fingerprint density at radius 3 is 2.60 bits per heavy atom. The van der Waals surface area contributed by atoms with Gasteiger partial charge in [-0.05, 0) is 25.7 Å². The largest absolute Gasteiger partial charge is 0.396 e. The molecule has 0 bridgehead atoms. The second-order valence-corrected chi connectivity index (χ2v) is 4.99. The van der Waals surface area contributed by atoms with E-state index in [4.69, 9.17) is 5.73 Å². The molecule has 4 heteroatoms. The van der Waals surface area contributed by atoms with Crippen molar-refractivity contribution in [2.75, 3.05) is 13.2 Å². The van der Waals surface area contributed by atoms with Gasteiger partial charge >= 0.3 is 0 Å². The third-order valence-electron chi connectivity index (χ3n) is 3.51. The van der Waals surface area contributed by atoms with Gasteiger partial charge < -0.3 is 16.2 Å². The van der Waals surface area contributed by atoms with E-state index in [2.05, 4.69) is 10.3 Å². The predicted molar refractivity (Wildman–Crippen MR) is 60.6 cm³/mol. The first-order chi connectivity index (χ1) is 7.24. The van der Waals surface area contributed by atoms with Crippen molar-refractivity contribution in [3.8, 4) is 0 Å². The average molecular weight is 211 g/mol. The van der Waals surface area contributed by atoms with Crippen LogP contribution >= 0.6 is 0 Å². The molecular weight excluding hydrogens is 190 g/mol. The van der Waals surface area contributed by atoms with E-state index >= 15 is 0 Å². The highest BCUT2D eigenvalue weighted by Crippen LogP contribution is 2.37. The van der Waals surface area contributed by atoms with Crippen LogP contribution in [0.5, 0.6) is 0 Å². The first-order valence-electron chi connectivity index (χ1n) is 5.91. The Balaban J connectivity index is 1.83. The van der Waals surface area contributed by atoms with Crippen molar-refractivity contribution >= 4 is 5.96 Å². The number of nitrogens with two attached hydrogens (primary N) is 1. The van der Waals surface area contributed by atoms with Crippen LogP contribution in [0.4, 0.5) is 0 Å². The molecule has 0 aromatic heterocycles. The fourth-order valence-electron chi connectivity index (χ4n) is 2.23. The Kier molecular flexibility index (Phi) is 3.14. The third-order valence-corrected chi connectivity index (χ3v) is 3.51. The monoisotopic (exact) mass is 211 g/mol. The van der Waals surface area contributed by atoms with E-state index < -0.39 is 0 Å². The quantitative estimate of drug-likeness (QED) is 0.471. The van der Waals surface area contributed by atoms with Gasteiger partial charge in [-0.15, -0.1) is 0 Å². The summed E-state index contributed by atoms with van der Waals surface area (Å²) in [5.41, 5.74) is 5.79. The molecule has 0 atom stereocenters. The Morgan fingerprint density at radius 2 is 2.07 bits per heavy atom. The number of guanidine groups is 1. The molecule has 2 saturated carbocycles. The molecule has 0 aliphatic heterocycles. The van der Waals surface area contributed by atoms with E-state index in [0.717, 1.165) is 12.8 Å². The first kappa shape index (κ1) is 10.7. The second kappa shape index (κ2) is 4.39. The normalized spacial score (nSPS) is 25.5. The summed E-state index contributed by atoms with van der Waals surface area (Å²) >= 11 is 0. The van der Waals surface area contributed by atoms with Crippen LogP contribution in [-0.4, -0.2) is 30.3 Å². The maximum absolute atomic E-state index is 9.39. The minimum Gasteiger partial charge on any atom is -0.396 e. The fourth-order valence-corrected chi connectivity index (χ4v) is 2.23. The van der Waals surface area contributed by atoms with Crippen LogP contribution in [-0.2, 0) is 0 Å². The van der Waals surface area contributed by atoms with Crippen molar-refractivity contribution in [3.63, 3.8) is 0 Å². The topological polar surface area (TPSA) is 70.6 Å². The summed E-state index contributed by atoms with van der Waals surface area (Å²) in [6, 6.07) is 0.558. The molecule has 15 heavy (non-hydrogen) atoms. The summed E-state index contributed by atoms with van der Waals surface area (Å²) in [6.45, 7) is 0.919. The number of aliphatic hydroxyl groups excluding tert-OH is 1. The maximum Gasteiger partial charge on any atom is 0.188 e. The second-order valence-electron chi connectivity index (χ2n) is 4.99. The lowest BCUT2D eigenvalue weighted by molar-refractivity contribution is 0.138. The van der Waals surface area contributed by atoms with Gasteiger partial charge in [-0.2, -0.15) is 0 Å². The molecule has 4 nitrogen and oxygen atoms in total. The minimum absolute atomic E-state index is 0.0237. The number of nitrogens with zero attached hydrogens (tertiary/aromatic N) is 1. The molecule has 86 valence electrons.